The van der Waals surface area contributed by atoms with Crippen molar-refractivity contribution in [2.75, 3.05) is 13.7 Å². The summed E-state index contributed by atoms with van der Waals surface area (Å²) in [7, 11) is 1.28. The van der Waals surface area contributed by atoms with Crippen molar-refractivity contribution < 1.29 is 23.5 Å². The van der Waals surface area contributed by atoms with Crippen molar-refractivity contribution in [3.05, 3.63) is 88.1 Å². The third-order valence-electron chi connectivity index (χ3n) is 13.3. The van der Waals surface area contributed by atoms with E-state index in [2.05, 4.69) is 61.6 Å². The van der Waals surface area contributed by atoms with Crippen molar-refractivity contribution in [1.82, 2.24) is 40.0 Å². The van der Waals surface area contributed by atoms with Gasteiger partial charge in [-0.1, -0.05) is 19.9 Å². The predicted molar refractivity (Wildman–Crippen MR) is 222 cm³/mol. The number of halogens is 1. The molecule has 2 saturated heterocycles. The lowest BCUT2D eigenvalue weighted by molar-refractivity contribution is -0.135. The van der Waals surface area contributed by atoms with E-state index in [1.807, 2.05) is 26.1 Å². The molecular weight excluding hydrogens is 768 g/mol. The molecule has 59 heavy (non-hydrogen) atoms. The zero-order chi connectivity index (χ0) is 40.1. The molecule has 0 spiro atoms. The Labute approximate surface area is 344 Å². The van der Waals surface area contributed by atoms with Crippen LogP contribution in [0.2, 0.25) is 0 Å². The Morgan fingerprint density at radius 2 is 1.75 bits per heavy atom. The minimum atomic E-state index is -0.740. The molecule has 4 N–H and O–H groups in total. The molecule has 0 radical (unpaired) electrons. The summed E-state index contributed by atoms with van der Waals surface area (Å²) in [4.78, 5) is 46.6. The lowest BCUT2D eigenvalue weighted by Gasteiger charge is -2.30. The number of alkyl carbamates (subject to hydrolysis) is 1. The minimum Gasteiger partial charge on any atom is -0.464 e. The van der Waals surface area contributed by atoms with E-state index in [9.17, 15) is 9.59 Å². The lowest BCUT2D eigenvalue weighted by atomic mass is 9.80. The van der Waals surface area contributed by atoms with Crippen LogP contribution in [0.1, 0.15) is 104 Å². The van der Waals surface area contributed by atoms with Crippen molar-refractivity contribution in [1.29, 1.82) is 0 Å². The average molecular weight is 815 g/mol. The molecule has 4 aromatic heterocycles. The van der Waals surface area contributed by atoms with E-state index in [1.165, 1.54) is 43.7 Å². The number of benzene rings is 2. The van der Waals surface area contributed by atoms with Gasteiger partial charge in [-0.2, -0.15) is 0 Å². The van der Waals surface area contributed by atoms with E-state index >= 15 is 4.39 Å². The number of amides is 2. The predicted octanol–water partition coefficient (Wildman–Crippen LogP) is 8.96. The van der Waals surface area contributed by atoms with Gasteiger partial charge in [0.1, 0.15) is 29.3 Å². The summed E-state index contributed by atoms with van der Waals surface area (Å²) in [5.41, 5.74) is 5.35. The van der Waals surface area contributed by atoms with Gasteiger partial charge in [0, 0.05) is 34.0 Å². The van der Waals surface area contributed by atoms with E-state index < -0.39 is 24.2 Å². The highest BCUT2D eigenvalue weighted by molar-refractivity contribution is 7.12. The van der Waals surface area contributed by atoms with Crippen LogP contribution in [0.3, 0.4) is 0 Å². The molecule has 2 amide bonds. The molecule has 6 atom stereocenters. The van der Waals surface area contributed by atoms with Crippen LogP contribution in [0.15, 0.2) is 60.9 Å². The number of hydrogen-bond acceptors (Lipinski definition) is 8. The number of nitrogens with one attached hydrogen (secondary N) is 4. The largest absolute Gasteiger partial charge is 0.464 e. The van der Waals surface area contributed by atoms with Gasteiger partial charge in [0.05, 0.1) is 64.6 Å². The van der Waals surface area contributed by atoms with Crippen LogP contribution in [-0.4, -0.2) is 67.1 Å². The molecule has 0 bridgehead atoms. The first-order valence-corrected chi connectivity index (χ1v) is 21.8. The van der Waals surface area contributed by atoms with Gasteiger partial charge in [0.15, 0.2) is 0 Å². The molecule has 3 aliphatic heterocycles. The molecule has 304 valence electrons. The second-order valence-electron chi connectivity index (χ2n) is 17.3. The number of nitrogens with zero attached hydrogens (tertiary/aromatic N) is 4. The summed E-state index contributed by atoms with van der Waals surface area (Å²) in [5.74, 6) is 2.69. The van der Waals surface area contributed by atoms with E-state index in [0.29, 0.717) is 53.3 Å². The Morgan fingerprint density at radius 3 is 2.49 bits per heavy atom. The number of H-pyrrole nitrogens is 2. The fraction of sp³-hybridized carbons (Fsp3) is 0.422. The highest BCUT2D eigenvalue weighted by Gasteiger charge is 2.42. The van der Waals surface area contributed by atoms with Crippen molar-refractivity contribution in [2.24, 2.45) is 11.8 Å². The number of aromatic amines is 2. The summed E-state index contributed by atoms with van der Waals surface area (Å²) < 4.78 is 30.6. The van der Waals surface area contributed by atoms with Crippen molar-refractivity contribution in [2.45, 2.75) is 95.1 Å². The number of ether oxygens (including phenoxy) is 2. The highest BCUT2D eigenvalue weighted by atomic mass is 32.1. The topological polar surface area (TPSA) is 142 Å². The number of aromatic nitrogens is 5. The standard InChI is InChI=1S/C45H47FN8O4S/c1-22(2)40(52-45(56)57-3)43(55)53-14-4-5-34(53)42-48-21-32(51-42)26-16-28(46)39-35-18-27-15-24(31-20-47-41(50-31)30-17-25-8-10-29(25)49-30)9-11-33(27)54(35)44(58-36(39)19-26)38-13-12-37(59-38)23-6-7-23/h9,11-13,15-16,18-23,25,29-30,34,40,44,49H,4-8,10,14,17H2,1-3H3,(H,47,50)(H,48,51)(H,52,56). The minimum absolute atomic E-state index is 0.147. The molecule has 2 aromatic carbocycles. The van der Waals surface area contributed by atoms with Crippen molar-refractivity contribution >= 4 is 34.2 Å². The van der Waals surface area contributed by atoms with Crippen molar-refractivity contribution in [3.8, 4) is 39.5 Å². The Hall–Kier alpha value is -5.47. The van der Waals surface area contributed by atoms with Crippen LogP contribution in [0.5, 0.6) is 5.75 Å². The molecule has 6 aromatic rings. The van der Waals surface area contributed by atoms with Gasteiger partial charge in [-0.05, 0) is 105 Å². The smallest absolute Gasteiger partial charge is 0.407 e. The fourth-order valence-corrected chi connectivity index (χ4v) is 11.0. The number of likely N-dealkylation sites (tertiary alicyclic amines) is 1. The van der Waals surface area contributed by atoms with Gasteiger partial charge in [-0.3, -0.25) is 9.36 Å². The molecule has 7 heterocycles. The fourth-order valence-electron chi connectivity index (χ4n) is 9.77. The molecule has 4 fully saturated rings. The zero-order valence-electron chi connectivity index (χ0n) is 33.3. The van der Waals surface area contributed by atoms with Crippen LogP contribution in [0, 0.1) is 17.7 Å². The third kappa shape index (κ3) is 6.25. The number of carbonyl (C=O) groups excluding carboxylic acids is 2. The number of rotatable bonds is 9. The van der Waals surface area contributed by atoms with Gasteiger partial charge in [-0.25, -0.2) is 19.2 Å². The molecule has 11 rings (SSSR count). The lowest BCUT2D eigenvalue weighted by Crippen LogP contribution is -2.51. The van der Waals surface area contributed by atoms with E-state index in [0.717, 1.165) is 57.3 Å². The van der Waals surface area contributed by atoms with Gasteiger partial charge >= 0.3 is 6.09 Å². The first-order chi connectivity index (χ1) is 28.7. The first kappa shape index (κ1) is 36.6. The number of carbonyl (C=O) groups is 2. The quantitative estimate of drug-likeness (QED) is 0.114. The average Bonchev–Trinajstić information content (AvgIpc) is 3.89. The van der Waals surface area contributed by atoms with Crippen LogP contribution in [-0.2, 0) is 9.53 Å². The summed E-state index contributed by atoms with van der Waals surface area (Å²) in [6.45, 7) is 4.32. The Morgan fingerprint density at radius 1 is 0.949 bits per heavy atom. The Bertz CT molecular complexity index is 2610. The van der Waals surface area contributed by atoms with Crippen LogP contribution < -0.4 is 15.4 Å². The maximum atomic E-state index is 16.8. The maximum Gasteiger partial charge on any atom is 0.407 e. The normalized spacial score (nSPS) is 23.7. The molecule has 14 heteroatoms. The second kappa shape index (κ2) is 14.1. The number of fused-ring (bicyclic) bond motifs is 6. The zero-order valence-corrected chi connectivity index (χ0v) is 34.1. The van der Waals surface area contributed by atoms with Crippen LogP contribution >= 0.6 is 11.3 Å². The number of imidazole rings is 2. The molecule has 2 aliphatic carbocycles. The monoisotopic (exact) mass is 814 g/mol. The summed E-state index contributed by atoms with van der Waals surface area (Å²) in [6.07, 6.45) is 10.1. The van der Waals surface area contributed by atoms with E-state index in [-0.39, 0.29) is 23.9 Å². The van der Waals surface area contributed by atoms with Gasteiger partial charge in [0.2, 0.25) is 12.1 Å². The third-order valence-corrected chi connectivity index (χ3v) is 14.5. The van der Waals surface area contributed by atoms with Crippen LogP contribution in [0.4, 0.5) is 9.18 Å². The highest BCUT2D eigenvalue weighted by Crippen LogP contribution is 2.50. The molecular formula is C45H47FN8O4S. The maximum absolute atomic E-state index is 16.8. The molecule has 6 unspecified atom stereocenters. The van der Waals surface area contributed by atoms with Crippen molar-refractivity contribution in [3.63, 3.8) is 0 Å². The number of thiophene rings is 1. The van der Waals surface area contributed by atoms with E-state index in [1.54, 1.807) is 22.4 Å². The van der Waals surface area contributed by atoms with Gasteiger partial charge < -0.3 is 35.0 Å². The summed E-state index contributed by atoms with van der Waals surface area (Å²) >= 11 is 1.78. The molecule has 12 nitrogen and oxygen atoms in total. The number of methoxy groups -OCH3 is 1. The van der Waals surface area contributed by atoms with Gasteiger partial charge in [-0.15, -0.1) is 11.3 Å². The Balaban J connectivity index is 0.931. The number of hydrogen-bond donors (Lipinski definition) is 4. The second-order valence-corrected chi connectivity index (χ2v) is 18.4. The van der Waals surface area contributed by atoms with E-state index in [4.69, 9.17) is 19.4 Å². The molecule has 2 saturated carbocycles. The van der Waals surface area contributed by atoms with Crippen LogP contribution in [0.25, 0.3) is 44.7 Å². The first-order valence-electron chi connectivity index (χ1n) is 21.0. The summed E-state index contributed by atoms with van der Waals surface area (Å²) in [6, 6.07) is 16.1. The SMILES string of the molecule is COC(=O)NC(C(=O)N1CCCC1c1ncc(-c2cc(F)c3c(c2)OC(c2ccc(C4CC4)s2)n2c-3cc3cc(-c4cnc(C5CC6CCC6N5)[nH]4)ccc32)[nH]1)C(C)C. The van der Waals surface area contributed by atoms with Gasteiger partial charge in [0.25, 0.3) is 0 Å². The summed E-state index contributed by atoms with van der Waals surface area (Å²) in [5, 5.41) is 7.44. The Kier molecular flexibility index (Phi) is 8.73. The molecule has 5 aliphatic rings.